The standard InChI is InChI=1S/C22H17ClN4O3S2/c1-14-20(31-22(25-14)19-11-4-5-12-24-19)21(28)26-15-7-6-8-16(13-15)32(29,30)27-18-10-3-2-9-17(18)23/h2-13,27H,1H3,(H,26,28). The number of nitrogens with one attached hydrogen (secondary N) is 2. The Kier molecular flexibility index (Phi) is 6.22. The van der Waals surface area contributed by atoms with Crippen LogP contribution in [0, 0.1) is 6.92 Å². The molecule has 2 N–H and O–H groups in total. The Morgan fingerprint density at radius 2 is 1.81 bits per heavy atom. The molecule has 0 bridgehead atoms. The monoisotopic (exact) mass is 484 g/mol. The summed E-state index contributed by atoms with van der Waals surface area (Å²) in [7, 11) is -3.90. The lowest BCUT2D eigenvalue weighted by molar-refractivity contribution is 0.102. The van der Waals surface area contributed by atoms with Gasteiger partial charge in [-0.1, -0.05) is 35.9 Å². The second-order valence-corrected chi connectivity index (χ2v) is 9.80. The van der Waals surface area contributed by atoms with Crippen molar-refractivity contribution in [3.63, 3.8) is 0 Å². The van der Waals surface area contributed by atoms with Crippen LogP contribution in [-0.4, -0.2) is 24.3 Å². The number of nitrogens with zero attached hydrogens (tertiary/aromatic N) is 2. The molecule has 162 valence electrons. The van der Waals surface area contributed by atoms with E-state index in [2.05, 4.69) is 20.0 Å². The maximum absolute atomic E-state index is 12.8. The van der Waals surface area contributed by atoms with E-state index in [0.717, 1.165) is 0 Å². The number of thiazole rings is 1. The molecular formula is C22H17ClN4O3S2. The first-order chi connectivity index (χ1) is 15.3. The molecule has 2 aromatic carbocycles. The lowest BCUT2D eigenvalue weighted by atomic mass is 10.3. The van der Waals surface area contributed by atoms with E-state index in [4.69, 9.17) is 11.6 Å². The van der Waals surface area contributed by atoms with Crippen molar-refractivity contribution in [1.29, 1.82) is 0 Å². The van der Waals surface area contributed by atoms with Crippen LogP contribution in [0.3, 0.4) is 0 Å². The lowest BCUT2D eigenvalue weighted by Crippen LogP contribution is -2.15. The van der Waals surface area contributed by atoms with Crippen molar-refractivity contribution >= 4 is 50.2 Å². The Morgan fingerprint density at radius 1 is 1.03 bits per heavy atom. The fourth-order valence-corrected chi connectivity index (χ4v) is 5.18. The number of sulfonamides is 1. The molecular weight excluding hydrogens is 468 g/mol. The molecule has 0 spiro atoms. The van der Waals surface area contributed by atoms with Gasteiger partial charge in [-0.3, -0.25) is 14.5 Å². The van der Waals surface area contributed by atoms with Crippen molar-refractivity contribution in [3.8, 4) is 10.7 Å². The molecule has 0 saturated heterocycles. The average molecular weight is 485 g/mol. The molecule has 4 aromatic rings. The van der Waals surface area contributed by atoms with Gasteiger partial charge in [0.2, 0.25) is 0 Å². The van der Waals surface area contributed by atoms with E-state index in [1.54, 1.807) is 55.6 Å². The minimum Gasteiger partial charge on any atom is -0.321 e. The van der Waals surface area contributed by atoms with E-state index in [-0.39, 0.29) is 21.5 Å². The zero-order valence-electron chi connectivity index (χ0n) is 16.7. The maximum atomic E-state index is 12.8. The topological polar surface area (TPSA) is 101 Å². The van der Waals surface area contributed by atoms with E-state index >= 15 is 0 Å². The van der Waals surface area contributed by atoms with Crippen molar-refractivity contribution in [3.05, 3.63) is 88.5 Å². The molecule has 0 aliphatic carbocycles. The summed E-state index contributed by atoms with van der Waals surface area (Å²) in [5.74, 6) is -0.379. The fraction of sp³-hybridized carbons (Fsp3) is 0.0455. The number of halogens is 1. The molecule has 0 radical (unpaired) electrons. The van der Waals surface area contributed by atoms with E-state index in [1.807, 2.05) is 12.1 Å². The lowest BCUT2D eigenvalue weighted by Gasteiger charge is -2.11. The van der Waals surface area contributed by atoms with Gasteiger partial charge in [-0.25, -0.2) is 13.4 Å². The molecule has 0 aliphatic heterocycles. The van der Waals surface area contributed by atoms with Gasteiger partial charge in [0.05, 0.1) is 27.0 Å². The SMILES string of the molecule is Cc1nc(-c2ccccn2)sc1C(=O)Nc1cccc(S(=O)(=O)Nc2ccccc2Cl)c1. The van der Waals surface area contributed by atoms with Crippen LogP contribution in [0.4, 0.5) is 11.4 Å². The van der Waals surface area contributed by atoms with Crippen LogP contribution in [0.15, 0.2) is 77.8 Å². The average Bonchev–Trinajstić information content (AvgIpc) is 3.18. The van der Waals surface area contributed by atoms with Gasteiger partial charge in [0.25, 0.3) is 15.9 Å². The fourth-order valence-electron chi connectivity index (χ4n) is 2.88. The molecule has 0 fully saturated rings. The maximum Gasteiger partial charge on any atom is 0.267 e. The van der Waals surface area contributed by atoms with Crippen molar-refractivity contribution in [1.82, 2.24) is 9.97 Å². The largest absolute Gasteiger partial charge is 0.321 e. The number of carbonyl (C=O) groups is 1. The number of amides is 1. The second kappa shape index (κ2) is 9.07. The van der Waals surface area contributed by atoms with Crippen molar-refractivity contribution in [2.45, 2.75) is 11.8 Å². The van der Waals surface area contributed by atoms with Crippen LogP contribution < -0.4 is 10.0 Å². The van der Waals surface area contributed by atoms with Crippen molar-refractivity contribution in [2.75, 3.05) is 10.0 Å². The van der Waals surface area contributed by atoms with E-state index in [9.17, 15) is 13.2 Å². The van der Waals surface area contributed by atoms with E-state index < -0.39 is 10.0 Å². The third-order valence-corrected chi connectivity index (χ3v) is 7.28. The molecule has 0 unspecified atom stereocenters. The molecule has 2 aromatic heterocycles. The Balaban J connectivity index is 1.55. The highest BCUT2D eigenvalue weighted by atomic mass is 35.5. The molecule has 4 rings (SSSR count). The molecule has 0 saturated carbocycles. The quantitative estimate of drug-likeness (QED) is 0.390. The molecule has 1 amide bonds. The van der Waals surface area contributed by atoms with Gasteiger partial charge in [0, 0.05) is 11.9 Å². The highest BCUT2D eigenvalue weighted by molar-refractivity contribution is 7.92. The number of rotatable bonds is 6. The predicted molar refractivity (Wildman–Crippen MR) is 127 cm³/mol. The molecule has 7 nitrogen and oxygen atoms in total. The Hall–Kier alpha value is -3.27. The summed E-state index contributed by atoms with van der Waals surface area (Å²) in [5.41, 5.74) is 1.85. The van der Waals surface area contributed by atoms with E-state index in [0.29, 0.717) is 27.0 Å². The number of carbonyl (C=O) groups excluding carboxylic acids is 1. The zero-order chi connectivity index (χ0) is 22.7. The highest BCUT2D eigenvalue weighted by Gasteiger charge is 2.19. The molecule has 0 aliphatic rings. The van der Waals surface area contributed by atoms with Crippen LogP contribution in [-0.2, 0) is 10.0 Å². The summed E-state index contributed by atoms with van der Waals surface area (Å²) < 4.78 is 28.0. The Labute approximate surface area is 194 Å². The van der Waals surface area contributed by atoms with Crippen LogP contribution in [0.25, 0.3) is 10.7 Å². The van der Waals surface area contributed by atoms with Crippen LogP contribution >= 0.6 is 22.9 Å². The number of benzene rings is 2. The van der Waals surface area contributed by atoms with Crippen molar-refractivity contribution < 1.29 is 13.2 Å². The summed E-state index contributed by atoms with van der Waals surface area (Å²) >= 11 is 7.28. The Morgan fingerprint density at radius 3 is 2.56 bits per heavy atom. The first kappa shape index (κ1) is 21.9. The third kappa shape index (κ3) is 4.80. The molecule has 0 atom stereocenters. The van der Waals surface area contributed by atoms with Gasteiger partial charge in [-0.15, -0.1) is 11.3 Å². The first-order valence-electron chi connectivity index (χ1n) is 9.41. The second-order valence-electron chi connectivity index (χ2n) is 6.72. The molecule has 32 heavy (non-hydrogen) atoms. The van der Waals surface area contributed by atoms with Gasteiger partial charge in [-0.2, -0.15) is 0 Å². The smallest absolute Gasteiger partial charge is 0.267 e. The molecule has 10 heteroatoms. The number of pyridine rings is 1. The van der Waals surface area contributed by atoms with Gasteiger partial charge in [0.1, 0.15) is 9.88 Å². The van der Waals surface area contributed by atoms with Crippen LogP contribution in [0.1, 0.15) is 15.4 Å². The molecule has 2 heterocycles. The number of anilines is 2. The number of hydrogen-bond acceptors (Lipinski definition) is 6. The summed E-state index contributed by atoms with van der Waals surface area (Å²) in [4.78, 5) is 21.9. The minimum absolute atomic E-state index is 0.00887. The number of para-hydroxylation sites is 1. The van der Waals surface area contributed by atoms with Crippen molar-refractivity contribution in [2.24, 2.45) is 0 Å². The van der Waals surface area contributed by atoms with Gasteiger partial charge in [-0.05, 0) is 49.4 Å². The minimum atomic E-state index is -3.90. The van der Waals surface area contributed by atoms with Crippen LogP contribution in [0.2, 0.25) is 5.02 Å². The zero-order valence-corrected chi connectivity index (χ0v) is 19.1. The third-order valence-electron chi connectivity index (χ3n) is 4.41. The first-order valence-corrected chi connectivity index (χ1v) is 12.1. The Bertz CT molecular complexity index is 1390. The van der Waals surface area contributed by atoms with Gasteiger partial charge >= 0.3 is 0 Å². The predicted octanol–water partition coefficient (Wildman–Crippen LogP) is 5.22. The van der Waals surface area contributed by atoms with Gasteiger partial charge < -0.3 is 5.32 Å². The van der Waals surface area contributed by atoms with Gasteiger partial charge in [0.15, 0.2) is 0 Å². The summed E-state index contributed by atoms with van der Waals surface area (Å²) in [5, 5.41) is 3.66. The number of aryl methyl sites for hydroxylation is 1. The van der Waals surface area contributed by atoms with E-state index in [1.165, 1.54) is 23.5 Å². The highest BCUT2D eigenvalue weighted by Crippen LogP contribution is 2.28. The summed E-state index contributed by atoms with van der Waals surface area (Å²) in [6.07, 6.45) is 1.66. The number of hydrogen-bond donors (Lipinski definition) is 2. The summed E-state index contributed by atoms with van der Waals surface area (Å²) in [6, 6.07) is 18.0. The normalized spacial score (nSPS) is 11.2. The summed E-state index contributed by atoms with van der Waals surface area (Å²) in [6.45, 7) is 1.74. The number of aromatic nitrogens is 2. The van der Waals surface area contributed by atoms with Crippen LogP contribution in [0.5, 0.6) is 0 Å².